The molecule has 0 aliphatic heterocycles. The number of phenolic OH excluding ortho intramolecular Hbond substituents is 2. The van der Waals surface area contributed by atoms with Gasteiger partial charge in [0.2, 0.25) is 0 Å². The summed E-state index contributed by atoms with van der Waals surface area (Å²) < 4.78 is 11.5. The van der Waals surface area contributed by atoms with Crippen molar-refractivity contribution < 1.29 is 19.7 Å². The molecule has 0 spiro atoms. The molecule has 0 bridgehead atoms. The molecule has 4 nitrogen and oxygen atoms in total. The first-order valence-electron chi connectivity index (χ1n) is 19.1. The number of allylic oxidation sites excluding steroid dienone is 1. The van der Waals surface area contributed by atoms with E-state index in [1.165, 1.54) is 41.5 Å². The lowest BCUT2D eigenvalue weighted by molar-refractivity contribution is 0.294. The Hall–Kier alpha value is -4.44. The molecule has 0 saturated heterocycles. The highest BCUT2D eigenvalue weighted by atomic mass is 16.5. The van der Waals surface area contributed by atoms with Crippen molar-refractivity contribution in [2.75, 3.05) is 13.2 Å². The molecule has 0 fully saturated rings. The molecule has 4 aromatic carbocycles. The molecule has 0 aliphatic carbocycles. The van der Waals surface area contributed by atoms with Gasteiger partial charge < -0.3 is 19.7 Å². The lowest BCUT2D eigenvalue weighted by Crippen LogP contribution is -2.18. The number of rotatable bonds is 17. The number of benzene rings is 4. The van der Waals surface area contributed by atoms with Gasteiger partial charge in [0.05, 0.1) is 13.2 Å². The van der Waals surface area contributed by atoms with Crippen molar-refractivity contribution in [1.82, 2.24) is 0 Å². The lowest BCUT2D eigenvalue weighted by Gasteiger charge is -2.26. The maximum atomic E-state index is 9.47. The molecule has 0 aliphatic rings. The van der Waals surface area contributed by atoms with E-state index >= 15 is 0 Å². The van der Waals surface area contributed by atoms with Crippen LogP contribution in [-0.4, -0.2) is 23.4 Å². The zero-order valence-corrected chi connectivity index (χ0v) is 33.3. The summed E-state index contributed by atoms with van der Waals surface area (Å²) in [6.45, 7) is 26.5. The Labute approximate surface area is 316 Å². The van der Waals surface area contributed by atoms with Gasteiger partial charge in [-0.15, -0.1) is 13.2 Å². The predicted molar refractivity (Wildman–Crippen MR) is 222 cm³/mol. The van der Waals surface area contributed by atoms with E-state index in [1.807, 2.05) is 48.6 Å². The smallest absolute Gasteiger partial charge is 0.119 e. The Morgan fingerprint density at radius 3 is 1.25 bits per heavy atom. The summed E-state index contributed by atoms with van der Waals surface area (Å²) in [5, 5.41) is 18.9. The second-order valence-electron chi connectivity index (χ2n) is 14.9. The zero-order chi connectivity index (χ0) is 38.6. The minimum atomic E-state index is -0.118. The SMILES string of the molecule is C=CCC(C)CC.C=CCCOc1ccc(C(C)(C)c2ccc(O)cc2)cc1.CCC(C)CCCOc1ccc(C(C)(C)c2ccc(O)cc2)cc1. The lowest BCUT2D eigenvalue weighted by atomic mass is 9.78. The summed E-state index contributed by atoms with van der Waals surface area (Å²) in [6.07, 6.45) is 10.7. The normalized spacial score (nSPS) is 12.2. The van der Waals surface area contributed by atoms with Crippen LogP contribution in [0, 0.1) is 11.8 Å². The quantitative estimate of drug-likeness (QED) is 0.0848. The van der Waals surface area contributed by atoms with Gasteiger partial charge in [-0.25, -0.2) is 0 Å². The van der Waals surface area contributed by atoms with E-state index in [-0.39, 0.29) is 10.8 Å². The Morgan fingerprint density at radius 2 is 0.923 bits per heavy atom. The largest absolute Gasteiger partial charge is 0.508 e. The Morgan fingerprint density at radius 1 is 0.558 bits per heavy atom. The molecule has 52 heavy (non-hydrogen) atoms. The van der Waals surface area contributed by atoms with E-state index in [4.69, 9.17) is 9.47 Å². The molecule has 2 N–H and O–H groups in total. The van der Waals surface area contributed by atoms with Crippen molar-refractivity contribution in [1.29, 1.82) is 0 Å². The fourth-order valence-electron chi connectivity index (χ4n) is 5.56. The second kappa shape index (κ2) is 22.5. The molecule has 0 saturated carbocycles. The van der Waals surface area contributed by atoms with Crippen LogP contribution in [0.25, 0.3) is 0 Å². The average molecular weight is 707 g/mol. The minimum Gasteiger partial charge on any atom is -0.508 e. The zero-order valence-electron chi connectivity index (χ0n) is 33.3. The van der Waals surface area contributed by atoms with Crippen molar-refractivity contribution in [3.63, 3.8) is 0 Å². The first-order valence-corrected chi connectivity index (χ1v) is 19.1. The standard InChI is InChI=1S/C22H30O2.C19H22O2.C7H14/c1-5-17(2)7-6-16-24-21-14-10-19(11-15-21)22(3,4)18-8-12-20(23)13-9-18;1-4-5-14-21-18-12-8-16(9-13-18)19(2,3)15-6-10-17(20)11-7-15;1-4-6-7(3)5-2/h8-15,17,23H,5-7,16H2,1-4H3;4,6-13,20H,1,5,14H2,2-3H3;4,7H,1,5-6H2,2-3H3. The summed E-state index contributed by atoms with van der Waals surface area (Å²) >= 11 is 0. The molecule has 2 unspecified atom stereocenters. The van der Waals surface area contributed by atoms with E-state index in [0.29, 0.717) is 18.1 Å². The first kappa shape index (κ1) is 43.7. The summed E-state index contributed by atoms with van der Waals surface area (Å²) in [6, 6.07) is 31.4. The van der Waals surface area contributed by atoms with E-state index in [0.717, 1.165) is 49.2 Å². The predicted octanol–water partition coefficient (Wildman–Crippen LogP) is 13.2. The molecule has 0 amide bonds. The van der Waals surface area contributed by atoms with Crippen LogP contribution in [0.2, 0.25) is 0 Å². The topological polar surface area (TPSA) is 58.9 Å². The third-order valence-electron chi connectivity index (χ3n) is 9.99. The van der Waals surface area contributed by atoms with Crippen LogP contribution in [0.4, 0.5) is 0 Å². The van der Waals surface area contributed by atoms with Crippen LogP contribution in [0.1, 0.15) is 116 Å². The number of aromatic hydroxyl groups is 2. The first-order chi connectivity index (χ1) is 24.8. The highest BCUT2D eigenvalue weighted by Crippen LogP contribution is 2.34. The molecule has 282 valence electrons. The number of phenols is 2. The monoisotopic (exact) mass is 706 g/mol. The van der Waals surface area contributed by atoms with Crippen LogP contribution in [0.3, 0.4) is 0 Å². The maximum absolute atomic E-state index is 9.47. The van der Waals surface area contributed by atoms with E-state index in [2.05, 4.69) is 105 Å². The fraction of sp³-hybridized carbons (Fsp3) is 0.417. The molecule has 4 heteroatoms. The van der Waals surface area contributed by atoms with Crippen LogP contribution < -0.4 is 9.47 Å². The second-order valence-corrected chi connectivity index (χ2v) is 14.9. The summed E-state index contributed by atoms with van der Waals surface area (Å²) in [5.74, 6) is 4.02. The molecular formula is C48H66O4. The van der Waals surface area contributed by atoms with Crippen LogP contribution in [0.15, 0.2) is 122 Å². The molecule has 4 rings (SSSR count). The molecule has 0 aromatic heterocycles. The van der Waals surface area contributed by atoms with E-state index in [9.17, 15) is 10.2 Å². The molecule has 0 radical (unpaired) electrons. The van der Waals surface area contributed by atoms with E-state index in [1.54, 1.807) is 24.3 Å². The summed E-state index contributed by atoms with van der Waals surface area (Å²) in [7, 11) is 0. The molecule has 2 atom stereocenters. The van der Waals surface area contributed by atoms with Gasteiger partial charge in [-0.05, 0) is 108 Å². The van der Waals surface area contributed by atoms with Gasteiger partial charge in [0.15, 0.2) is 0 Å². The highest BCUT2D eigenvalue weighted by molar-refractivity contribution is 5.43. The Bertz CT molecular complexity index is 1550. The van der Waals surface area contributed by atoms with Gasteiger partial charge in [0, 0.05) is 10.8 Å². The summed E-state index contributed by atoms with van der Waals surface area (Å²) in [4.78, 5) is 0. The van der Waals surface area contributed by atoms with Gasteiger partial charge in [0.25, 0.3) is 0 Å². The molecular weight excluding hydrogens is 641 g/mol. The van der Waals surface area contributed by atoms with Crippen LogP contribution >= 0.6 is 0 Å². The number of hydrogen-bond donors (Lipinski definition) is 2. The van der Waals surface area contributed by atoms with Gasteiger partial charge in [-0.1, -0.05) is 129 Å². The van der Waals surface area contributed by atoms with Gasteiger partial charge in [-0.2, -0.15) is 0 Å². The average Bonchev–Trinajstić information content (AvgIpc) is 3.15. The van der Waals surface area contributed by atoms with Crippen molar-refractivity contribution in [2.24, 2.45) is 11.8 Å². The Balaban J connectivity index is 0.000000307. The summed E-state index contributed by atoms with van der Waals surface area (Å²) in [5.41, 5.74) is 4.57. The number of ether oxygens (including phenoxy) is 2. The van der Waals surface area contributed by atoms with Gasteiger partial charge in [-0.3, -0.25) is 0 Å². The van der Waals surface area contributed by atoms with Gasteiger partial charge in [0.1, 0.15) is 23.0 Å². The van der Waals surface area contributed by atoms with Gasteiger partial charge >= 0.3 is 0 Å². The van der Waals surface area contributed by atoms with Crippen molar-refractivity contribution >= 4 is 0 Å². The fourth-order valence-corrected chi connectivity index (χ4v) is 5.56. The van der Waals surface area contributed by atoms with Crippen molar-refractivity contribution in [3.8, 4) is 23.0 Å². The van der Waals surface area contributed by atoms with Crippen LogP contribution in [0.5, 0.6) is 23.0 Å². The highest BCUT2D eigenvalue weighted by Gasteiger charge is 2.24. The third kappa shape index (κ3) is 14.7. The molecule has 4 aromatic rings. The van der Waals surface area contributed by atoms with Crippen LogP contribution in [-0.2, 0) is 10.8 Å². The minimum absolute atomic E-state index is 0.108. The Kier molecular flexibility index (Phi) is 18.9. The van der Waals surface area contributed by atoms with Crippen molar-refractivity contribution in [2.45, 2.75) is 105 Å². The van der Waals surface area contributed by atoms with E-state index < -0.39 is 0 Å². The molecule has 0 heterocycles. The maximum Gasteiger partial charge on any atom is 0.119 e. The number of hydrogen-bond acceptors (Lipinski definition) is 4. The van der Waals surface area contributed by atoms with Crippen molar-refractivity contribution in [3.05, 3.63) is 145 Å². The third-order valence-corrected chi connectivity index (χ3v) is 9.99.